The van der Waals surface area contributed by atoms with Crippen LogP contribution in [0.3, 0.4) is 0 Å². The summed E-state index contributed by atoms with van der Waals surface area (Å²) in [6.45, 7) is 10.8. The number of amides is 4. The Morgan fingerprint density at radius 2 is 1.67 bits per heavy atom. The van der Waals surface area contributed by atoms with Crippen LogP contribution in [0.2, 0.25) is 0 Å². The fourth-order valence-corrected chi connectivity index (χ4v) is 6.48. The monoisotopic (exact) mass is 655 g/mol. The molecule has 5 rings (SSSR count). The molecule has 4 heterocycles. The maximum atomic E-state index is 14.6. The maximum absolute atomic E-state index is 14.6. The Kier molecular flexibility index (Phi) is 11.7. The van der Waals surface area contributed by atoms with Crippen molar-refractivity contribution in [3.63, 3.8) is 0 Å². The second kappa shape index (κ2) is 15.3. The van der Waals surface area contributed by atoms with Crippen molar-refractivity contribution >= 4 is 17.8 Å². The third kappa shape index (κ3) is 8.59. The second-order valence-electron chi connectivity index (χ2n) is 11.9. The molecule has 1 aromatic heterocycles. The normalized spacial score (nSPS) is 20.7. The Labute approximate surface area is 265 Å². The van der Waals surface area contributed by atoms with E-state index in [1.807, 2.05) is 0 Å². The van der Waals surface area contributed by atoms with Crippen molar-refractivity contribution in [3.05, 3.63) is 47.0 Å². The van der Waals surface area contributed by atoms with Crippen molar-refractivity contribution in [3.8, 4) is 0 Å². The summed E-state index contributed by atoms with van der Waals surface area (Å²) in [5.74, 6) is -3.97. The molecule has 2 fully saturated rings. The highest BCUT2D eigenvalue weighted by atomic mass is 19.4. The Bertz CT molecular complexity index is 1370. The van der Waals surface area contributed by atoms with Gasteiger partial charge in [-0.2, -0.15) is 13.2 Å². The summed E-state index contributed by atoms with van der Waals surface area (Å²) in [5.41, 5.74) is 0.0612. The number of likely N-dealkylation sites (tertiary alicyclic amines) is 1. The number of alkyl halides is 3. The number of nitrogens with one attached hydrogen (secondary N) is 1. The summed E-state index contributed by atoms with van der Waals surface area (Å²) in [5, 5.41) is 10.0. The van der Waals surface area contributed by atoms with E-state index in [2.05, 4.69) is 41.2 Å². The second-order valence-corrected chi connectivity index (χ2v) is 11.9. The molecule has 0 spiro atoms. The van der Waals surface area contributed by atoms with Crippen LogP contribution < -0.4 is 5.32 Å². The molecule has 0 bridgehead atoms. The van der Waals surface area contributed by atoms with Gasteiger partial charge in [-0.25, -0.2) is 13.6 Å². The number of hydrogen-bond acceptors (Lipinski definition) is 6. The summed E-state index contributed by atoms with van der Waals surface area (Å²) in [6, 6.07) is 3.14. The van der Waals surface area contributed by atoms with E-state index < -0.39 is 42.1 Å². The lowest BCUT2D eigenvalue weighted by Gasteiger charge is -2.36. The van der Waals surface area contributed by atoms with E-state index in [0.29, 0.717) is 38.8 Å². The zero-order valence-electron chi connectivity index (χ0n) is 26.5. The number of imide groups is 1. The van der Waals surface area contributed by atoms with E-state index in [1.54, 1.807) is 4.90 Å². The minimum Gasteiger partial charge on any atom is -0.343 e. The number of hydrogen-bond donors (Lipinski definition) is 1. The molecule has 15 heteroatoms. The average molecular weight is 656 g/mol. The van der Waals surface area contributed by atoms with Crippen molar-refractivity contribution in [2.45, 2.75) is 89.9 Å². The van der Waals surface area contributed by atoms with Crippen LogP contribution in [0.15, 0.2) is 18.2 Å². The molecule has 3 aliphatic rings. The number of piperidine rings is 1. The molecule has 2 aromatic rings. The molecule has 2 saturated heterocycles. The Hall–Kier alpha value is -3.62. The third-order valence-corrected chi connectivity index (χ3v) is 9.11. The Morgan fingerprint density at radius 3 is 2.24 bits per heavy atom. The van der Waals surface area contributed by atoms with Gasteiger partial charge in [0.05, 0.1) is 0 Å². The van der Waals surface area contributed by atoms with Crippen LogP contribution in [-0.4, -0.2) is 98.8 Å². The Morgan fingerprint density at radius 1 is 1.00 bits per heavy atom. The summed E-state index contributed by atoms with van der Waals surface area (Å²) in [7, 11) is 0. The number of rotatable bonds is 8. The zero-order valence-corrected chi connectivity index (χ0v) is 26.5. The van der Waals surface area contributed by atoms with Gasteiger partial charge in [0.2, 0.25) is 11.8 Å². The molecule has 0 radical (unpaired) electrons. The first-order valence-corrected chi connectivity index (χ1v) is 15.9. The molecule has 46 heavy (non-hydrogen) atoms. The van der Waals surface area contributed by atoms with Crippen molar-refractivity contribution in [1.82, 2.24) is 34.8 Å². The van der Waals surface area contributed by atoms with Gasteiger partial charge in [0.15, 0.2) is 11.6 Å². The van der Waals surface area contributed by atoms with E-state index in [9.17, 15) is 36.3 Å². The minimum atomic E-state index is -4.55. The molecule has 4 amide bonds. The number of carbonyl (C=O) groups is 3. The van der Waals surface area contributed by atoms with Crippen LogP contribution in [0.1, 0.15) is 81.9 Å². The first-order chi connectivity index (χ1) is 21.8. The van der Waals surface area contributed by atoms with E-state index >= 15 is 0 Å². The van der Waals surface area contributed by atoms with Gasteiger partial charge < -0.3 is 19.3 Å². The predicted octanol–water partition coefficient (Wildman–Crippen LogP) is 4.60. The lowest BCUT2D eigenvalue weighted by atomic mass is 9.89. The minimum absolute atomic E-state index is 0.0114. The zero-order chi connectivity index (χ0) is 33.6. The van der Waals surface area contributed by atoms with Crippen LogP contribution in [0.5, 0.6) is 0 Å². The highest BCUT2D eigenvalue weighted by Gasteiger charge is 2.38. The maximum Gasteiger partial charge on any atom is 0.396 e. The number of benzene rings is 1. The lowest BCUT2D eigenvalue weighted by Crippen LogP contribution is -2.47. The number of aromatic nitrogens is 3. The molecule has 0 saturated carbocycles. The third-order valence-electron chi connectivity index (χ3n) is 9.11. The quantitative estimate of drug-likeness (QED) is 0.330. The summed E-state index contributed by atoms with van der Waals surface area (Å²) in [6.07, 6.45) is -4.30. The number of fused-ring (bicyclic) bond motifs is 1. The van der Waals surface area contributed by atoms with Crippen LogP contribution in [0, 0.1) is 11.6 Å². The highest BCUT2D eigenvalue weighted by Crippen LogP contribution is 2.38. The van der Waals surface area contributed by atoms with E-state index in [1.165, 1.54) is 41.2 Å². The van der Waals surface area contributed by atoms with Crippen molar-refractivity contribution < 1.29 is 36.3 Å². The van der Waals surface area contributed by atoms with Crippen LogP contribution >= 0.6 is 0 Å². The Balaban J connectivity index is 0.000000617. The van der Waals surface area contributed by atoms with Crippen molar-refractivity contribution in [2.24, 2.45) is 0 Å². The average Bonchev–Trinajstić information content (AvgIpc) is 3.50. The topological polar surface area (TPSA) is 104 Å². The molecule has 0 aliphatic carbocycles. The van der Waals surface area contributed by atoms with Gasteiger partial charge in [-0.1, -0.05) is 32.9 Å². The number of urea groups is 1. The first kappa shape index (κ1) is 35.2. The molecular weight excluding hydrogens is 613 g/mol. The van der Waals surface area contributed by atoms with E-state index in [4.69, 9.17) is 0 Å². The largest absolute Gasteiger partial charge is 0.396 e. The predicted molar refractivity (Wildman–Crippen MR) is 159 cm³/mol. The molecule has 10 nitrogen and oxygen atoms in total. The number of carbonyl (C=O) groups excluding carboxylic acids is 3. The van der Waals surface area contributed by atoms with Crippen molar-refractivity contribution in [1.29, 1.82) is 0 Å². The fraction of sp³-hybridized carbons (Fsp3) is 0.645. The van der Waals surface area contributed by atoms with Crippen LogP contribution in [0.25, 0.3) is 0 Å². The summed E-state index contributed by atoms with van der Waals surface area (Å²) >= 11 is 0. The fourth-order valence-electron chi connectivity index (χ4n) is 6.48. The lowest BCUT2D eigenvalue weighted by molar-refractivity contribution is -0.133. The molecule has 1 aromatic carbocycles. The SMILES string of the molecule is CCN(CC)CC.O=C1CN(C2CCN(C(=O)C[C@H]3CC[C@H](c4cccc(F)c4F)Cn4c(CC(F)(F)F)nnc43)CC2)C(=O)N1. The smallest absolute Gasteiger partial charge is 0.343 e. The molecular formula is C31H42F5N7O3. The van der Waals surface area contributed by atoms with Crippen LogP contribution in [-0.2, 0) is 22.6 Å². The molecule has 1 N–H and O–H groups in total. The molecule has 3 aliphatic heterocycles. The standard InChI is InChI=1S/C25H27F5N6O3.C6H15N/c26-18-3-1-2-17(22(18)27)15-5-4-14(23-33-32-19(36(23)12-15)11-25(28,29)30)10-21(38)34-8-6-16(7-9-34)35-13-20(37)31-24(35)39;1-4-7(5-2)6-3/h1-3,14-16H,4-13H2,(H,31,37,39);4-6H2,1-3H3/t14-,15+;/m1./s1. The van der Waals surface area contributed by atoms with Gasteiger partial charge in [0.25, 0.3) is 0 Å². The van der Waals surface area contributed by atoms with E-state index in [0.717, 1.165) is 6.07 Å². The van der Waals surface area contributed by atoms with E-state index in [-0.39, 0.29) is 54.6 Å². The van der Waals surface area contributed by atoms with Crippen molar-refractivity contribution in [2.75, 3.05) is 39.3 Å². The van der Waals surface area contributed by atoms with Crippen LogP contribution in [0.4, 0.5) is 26.7 Å². The molecule has 0 unspecified atom stereocenters. The summed E-state index contributed by atoms with van der Waals surface area (Å²) < 4.78 is 69.7. The van der Waals surface area contributed by atoms with Gasteiger partial charge in [0.1, 0.15) is 24.6 Å². The first-order valence-electron chi connectivity index (χ1n) is 15.9. The number of halogens is 5. The van der Waals surface area contributed by atoms with Gasteiger partial charge in [0, 0.05) is 43.9 Å². The number of nitrogens with zero attached hydrogens (tertiary/aromatic N) is 6. The van der Waals surface area contributed by atoms with Gasteiger partial charge in [-0.15, -0.1) is 10.2 Å². The summed E-state index contributed by atoms with van der Waals surface area (Å²) in [4.78, 5) is 42.2. The van der Waals surface area contributed by atoms with Gasteiger partial charge >= 0.3 is 12.2 Å². The molecule has 2 atom stereocenters. The molecule has 254 valence electrons. The van der Waals surface area contributed by atoms with Gasteiger partial charge in [-0.3, -0.25) is 14.9 Å². The highest BCUT2D eigenvalue weighted by molar-refractivity contribution is 6.02. The van der Waals surface area contributed by atoms with Gasteiger partial charge in [-0.05, 0) is 56.9 Å².